The monoisotopic (exact) mass is 1890 g/mol. The molecule has 0 spiro atoms. The van der Waals surface area contributed by atoms with Crippen LogP contribution in [0.25, 0.3) is 268 Å². The van der Waals surface area contributed by atoms with E-state index in [0.717, 1.165) is 181 Å². The number of hydrogen-bond acceptors (Lipinski definition) is 11. The maximum atomic E-state index is 5.31. The lowest BCUT2D eigenvalue weighted by Gasteiger charge is -2.11. The molecule has 14 heteroatoms. The number of hydrogen-bond donors (Lipinski definition) is 0. The Hall–Kier alpha value is -19.3. The second-order valence-electron chi connectivity index (χ2n) is 36.7. The van der Waals surface area contributed by atoms with Gasteiger partial charge in [0.05, 0.1) is 61.6 Å². The Morgan fingerprint density at radius 1 is 0.143 bits per heavy atom. The number of fused-ring (bicyclic) bond motifs is 15. The highest BCUT2D eigenvalue weighted by molar-refractivity contribution is 6.19. The van der Waals surface area contributed by atoms with Crippen LogP contribution in [0.15, 0.2) is 479 Å². The first-order chi connectivity index (χ1) is 72.7. The third-order valence-electron chi connectivity index (χ3n) is 27.9. The van der Waals surface area contributed by atoms with E-state index >= 15 is 0 Å². The molecule has 0 atom stereocenters. The lowest BCUT2D eigenvalue weighted by molar-refractivity contribution is 0.829. The van der Waals surface area contributed by atoms with Crippen LogP contribution in [-0.4, -0.2) is 68.5 Å². The molecule has 0 N–H and O–H groups in total. The van der Waals surface area contributed by atoms with Gasteiger partial charge in [-0.2, -0.15) is 0 Å². The van der Waals surface area contributed by atoms with E-state index in [0.29, 0.717) is 40.8 Å². The fourth-order valence-corrected chi connectivity index (χ4v) is 20.6. The van der Waals surface area contributed by atoms with Crippen LogP contribution in [-0.2, 0) is 19.6 Å². The maximum Gasteiger partial charge on any atom is 0.164 e. The minimum absolute atomic E-state index is 0.636. The first-order valence-corrected chi connectivity index (χ1v) is 50.0. The number of aromatic nitrogens is 14. The van der Waals surface area contributed by atoms with Crippen molar-refractivity contribution in [2.45, 2.75) is 40.4 Å². The van der Waals surface area contributed by atoms with Gasteiger partial charge in [-0.15, -0.1) is 0 Å². The lowest BCUT2D eigenvalue weighted by Crippen LogP contribution is -2.00. The van der Waals surface area contributed by atoms with Crippen LogP contribution in [0.1, 0.15) is 20.8 Å². The van der Waals surface area contributed by atoms with Crippen LogP contribution in [0.2, 0.25) is 0 Å². The SMILES string of the molecule is CCn1c2ccccc2c2ccc3ccc(-c4ccc(-c5ccc(-c6nc(-c7ccccc7)cc(-c7ccccc7)n6)cc5)cc4)nc3c21.CCn1c2ccccc2c2ccc3ccc(-c4cccc(-c5ccc(-c6nc(-c7ccccc7)nc(-c7ccccc7)n6)cc5)c4)nc3c21.CCn1c2ccccc2c2ccc3ccc(-c4cccc(-c5cccc(-c6nc(-c7ccccc7)nc(-c7ccccc7)n6)c5)c4)nc3c21. The van der Waals surface area contributed by atoms with Gasteiger partial charge in [-0.1, -0.05) is 419 Å². The summed E-state index contributed by atoms with van der Waals surface area (Å²) in [6.45, 7) is 9.26. The fourth-order valence-electron chi connectivity index (χ4n) is 20.6. The van der Waals surface area contributed by atoms with Crippen LogP contribution < -0.4 is 0 Å². The van der Waals surface area contributed by atoms with Gasteiger partial charge in [-0.25, -0.2) is 54.8 Å². The molecule has 147 heavy (non-hydrogen) atoms. The van der Waals surface area contributed by atoms with Gasteiger partial charge in [-0.05, 0) is 115 Å². The molecule has 696 valence electrons. The molecular weight excluding hydrogens is 1790 g/mol. The molecule has 0 saturated heterocycles. The zero-order chi connectivity index (χ0) is 98.2. The van der Waals surface area contributed by atoms with Crippen molar-refractivity contribution in [3.05, 3.63) is 479 Å². The van der Waals surface area contributed by atoms with Gasteiger partial charge in [0.2, 0.25) is 0 Å². The number of para-hydroxylation sites is 3. The molecule has 0 bridgehead atoms. The second-order valence-corrected chi connectivity index (χ2v) is 36.7. The summed E-state index contributed by atoms with van der Waals surface area (Å²) < 4.78 is 7.17. The van der Waals surface area contributed by atoms with Crippen LogP contribution in [0.4, 0.5) is 0 Å². The Kier molecular flexibility index (Phi) is 23.6. The van der Waals surface area contributed by atoms with Crippen molar-refractivity contribution in [3.63, 3.8) is 0 Å². The Balaban J connectivity index is 0.000000115. The highest BCUT2D eigenvalue weighted by Gasteiger charge is 2.23. The molecule has 0 aliphatic rings. The van der Waals surface area contributed by atoms with Crippen molar-refractivity contribution in [1.82, 2.24) is 68.5 Å². The molecule has 27 rings (SSSR count). The maximum absolute atomic E-state index is 5.31. The van der Waals surface area contributed by atoms with Gasteiger partial charge >= 0.3 is 0 Å². The van der Waals surface area contributed by atoms with E-state index in [1.807, 2.05) is 158 Å². The lowest BCUT2D eigenvalue weighted by atomic mass is 9.99. The molecule has 0 amide bonds. The van der Waals surface area contributed by atoms with Crippen molar-refractivity contribution in [2.75, 3.05) is 0 Å². The summed E-state index contributed by atoms with van der Waals surface area (Å²) >= 11 is 0. The van der Waals surface area contributed by atoms with E-state index in [-0.39, 0.29) is 0 Å². The van der Waals surface area contributed by atoms with Crippen molar-refractivity contribution >= 4 is 98.1 Å². The number of aryl methyl sites for hydroxylation is 3. The molecular formula is C133H94N14. The van der Waals surface area contributed by atoms with Crippen LogP contribution >= 0.6 is 0 Å². The fraction of sp³-hybridized carbons (Fsp3) is 0.0451. The quantitative estimate of drug-likeness (QED) is 0.0805. The Labute approximate surface area is 849 Å². The van der Waals surface area contributed by atoms with Crippen molar-refractivity contribution < 1.29 is 0 Å². The van der Waals surface area contributed by atoms with Crippen molar-refractivity contribution in [3.8, 4) is 169 Å². The van der Waals surface area contributed by atoms with Gasteiger partial charge in [0, 0.05) is 151 Å². The molecule has 0 radical (unpaired) electrons. The number of pyridine rings is 3. The minimum Gasteiger partial charge on any atom is -0.339 e. The molecule has 14 nitrogen and oxygen atoms in total. The number of benzene rings is 18. The van der Waals surface area contributed by atoms with Gasteiger partial charge in [-0.3, -0.25) is 0 Å². The normalized spacial score (nSPS) is 11.4. The molecule has 27 aromatic rings. The van der Waals surface area contributed by atoms with E-state index in [1.165, 1.54) is 65.4 Å². The summed E-state index contributed by atoms with van der Waals surface area (Å²) in [7, 11) is 0. The summed E-state index contributed by atoms with van der Waals surface area (Å²) in [6.07, 6.45) is 0. The Bertz CT molecular complexity index is 9460. The number of nitrogens with zero attached hydrogens (tertiary/aromatic N) is 14. The smallest absolute Gasteiger partial charge is 0.164 e. The van der Waals surface area contributed by atoms with E-state index in [9.17, 15) is 0 Å². The molecule has 9 aromatic heterocycles. The number of rotatable bonds is 18. The van der Waals surface area contributed by atoms with E-state index < -0.39 is 0 Å². The molecule has 9 heterocycles. The molecule has 0 aliphatic heterocycles. The standard InChI is InChI=1S/C45H32N4.2C44H31N5/c1-2-49-42-16-10-9-15-37(42)38-27-25-35-26-28-39(46-43(35)44(38)49)34-21-17-30(18-22-34)31-19-23-36(24-20-31)45-47-40(32-11-5-3-6-12-32)29-41(48-45)33-13-7-4-8-14-33;1-2-49-39-22-10-9-21-36(39)37-25-23-29-24-26-38(45-40(29)41(37)49)34-19-11-17-32(27-34)33-18-12-20-35(28-33)44-47-42(30-13-5-3-6-14-30)46-43(48-44)31-15-7-4-8-16-31;1-2-49-39-19-10-9-18-36(39)37-26-24-30-25-27-38(45-40(30)41(37)49)35-17-11-16-34(28-35)29-20-22-33(23-21-29)44-47-42(31-12-5-3-6-13-31)46-43(48-44)32-14-7-4-8-15-32/h3-29H,2H2,1H3;2*3-28H,2H2,1H3. The predicted octanol–water partition coefficient (Wildman–Crippen LogP) is 33.3. The minimum atomic E-state index is 0.636. The van der Waals surface area contributed by atoms with Gasteiger partial charge < -0.3 is 13.7 Å². The first kappa shape index (κ1) is 89.1. The zero-order valence-electron chi connectivity index (χ0n) is 81.0. The van der Waals surface area contributed by atoms with Gasteiger partial charge in [0.25, 0.3) is 0 Å². The zero-order valence-corrected chi connectivity index (χ0v) is 81.0. The summed E-state index contributed by atoms with van der Waals surface area (Å²) in [5.74, 6) is 4.59. The van der Waals surface area contributed by atoms with Crippen LogP contribution in [0, 0.1) is 0 Å². The molecule has 18 aromatic carbocycles. The third kappa shape index (κ3) is 17.3. The summed E-state index contributed by atoms with van der Waals surface area (Å²) in [4.78, 5) is 55.2. The predicted molar refractivity (Wildman–Crippen MR) is 605 cm³/mol. The first-order valence-electron chi connectivity index (χ1n) is 50.0. The van der Waals surface area contributed by atoms with Gasteiger partial charge in [0.15, 0.2) is 40.8 Å². The molecule has 0 aliphatic carbocycles. The van der Waals surface area contributed by atoms with Gasteiger partial charge in [0.1, 0.15) is 0 Å². The summed E-state index contributed by atoms with van der Waals surface area (Å²) in [5.41, 5.74) is 33.8. The molecule has 0 saturated carbocycles. The van der Waals surface area contributed by atoms with Crippen molar-refractivity contribution in [1.29, 1.82) is 0 Å². The van der Waals surface area contributed by atoms with E-state index in [4.69, 9.17) is 54.8 Å². The summed E-state index contributed by atoms with van der Waals surface area (Å²) in [6, 6.07) is 166. The summed E-state index contributed by atoms with van der Waals surface area (Å²) in [5, 5.41) is 11.0. The second kappa shape index (κ2) is 38.9. The van der Waals surface area contributed by atoms with E-state index in [2.05, 4.69) is 356 Å². The third-order valence-corrected chi connectivity index (χ3v) is 27.9. The Morgan fingerprint density at radius 3 is 0.687 bits per heavy atom. The average Bonchev–Trinajstić information content (AvgIpc) is 1.59. The van der Waals surface area contributed by atoms with E-state index in [1.54, 1.807) is 0 Å². The molecule has 0 unspecified atom stereocenters. The highest BCUT2D eigenvalue weighted by atomic mass is 15.1. The largest absolute Gasteiger partial charge is 0.339 e. The molecule has 0 fully saturated rings. The van der Waals surface area contributed by atoms with Crippen LogP contribution in [0.3, 0.4) is 0 Å². The highest BCUT2D eigenvalue weighted by Crippen LogP contribution is 2.43. The Morgan fingerprint density at radius 2 is 0.361 bits per heavy atom. The van der Waals surface area contributed by atoms with Crippen molar-refractivity contribution in [2.24, 2.45) is 0 Å². The topological polar surface area (TPSA) is 157 Å². The average molecular weight is 1890 g/mol. The van der Waals surface area contributed by atoms with Crippen LogP contribution in [0.5, 0.6) is 0 Å².